The molecule has 13 aromatic carbocycles. The predicted octanol–water partition coefficient (Wildman–Crippen LogP) is 26.4. The molecule has 0 saturated carbocycles. The molecule has 0 spiro atoms. The number of hydrogen-bond donors (Lipinski definition) is 0. The van der Waals surface area contributed by atoms with Crippen molar-refractivity contribution >= 4 is 43.6 Å². The molecule has 15 aromatic rings. The van der Waals surface area contributed by atoms with Gasteiger partial charge < -0.3 is 9.13 Å². The minimum atomic E-state index is -2.95. The number of halogens is 35. The van der Waals surface area contributed by atoms with E-state index in [9.17, 15) is 48.3 Å². The molecule has 0 amide bonds. The number of rotatable bonds is 10. The fourth-order valence-corrected chi connectivity index (χ4v) is 13.9. The second-order valence-corrected chi connectivity index (χ2v) is 25.2. The van der Waals surface area contributed by atoms with Gasteiger partial charge in [0.25, 0.3) is 0 Å². The van der Waals surface area contributed by atoms with Crippen molar-refractivity contribution < 1.29 is 154 Å². The van der Waals surface area contributed by atoms with E-state index in [1.807, 2.05) is 0 Å². The molecular weight excluding hydrogens is 1640 g/mol. The maximum absolute atomic E-state index is 16.6. The summed E-state index contributed by atoms with van der Waals surface area (Å²) in [7, 11) is 0. The smallest absolute Gasteiger partial charge is 0.200 e. The highest BCUT2D eigenvalue weighted by Gasteiger charge is 2.41. The molecule has 116 heavy (non-hydrogen) atoms. The molecule has 0 aliphatic heterocycles. The Morgan fingerprint density at radius 1 is 0.155 bits per heavy atom. The van der Waals surface area contributed by atoms with Gasteiger partial charge in [-0.1, -0.05) is 30.3 Å². The molecule has 590 valence electrons. The zero-order valence-electron chi connectivity index (χ0n) is 55.4. The van der Waals surface area contributed by atoms with Crippen LogP contribution in [0.4, 0.5) is 154 Å². The fraction of sp³-hybridized carbons (Fsp3) is 0.0127. The lowest BCUT2D eigenvalue weighted by Crippen LogP contribution is -2.09. The molecule has 2 heterocycles. The Bertz CT molecular complexity index is 6000. The first kappa shape index (κ1) is 78.3. The summed E-state index contributed by atoms with van der Waals surface area (Å²) in [6.07, 6.45) is 0. The van der Waals surface area contributed by atoms with E-state index in [1.54, 1.807) is 0 Å². The Morgan fingerprint density at radius 3 is 0.509 bits per heavy atom. The van der Waals surface area contributed by atoms with E-state index >= 15 is 105 Å². The lowest BCUT2D eigenvalue weighted by atomic mass is 9.94. The molecule has 0 bridgehead atoms. The lowest BCUT2D eigenvalue weighted by molar-refractivity contribution is 0.379. The van der Waals surface area contributed by atoms with Crippen LogP contribution in [0.2, 0.25) is 0 Å². The van der Waals surface area contributed by atoms with E-state index in [0.29, 0.717) is 55.5 Å². The first-order chi connectivity index (χ1) is 54.6. The van der Waals surface area contributed by atoms with Gasteiger partial charge in [0.15, 0.2) is 180 Å². The highest BCUT2D eigenvalue weighted by atomic mass is 19.2. The van der Waals surface area contributed by atoms with Crippen LogP contribution in [-0.4, -0.2) is 9.13 Å². The number of nitrogens with zero attached hydrogens (tertiary/aromatic N) is 2. The molecule has 0 atom stereocenters. The lowest BCUT2D eigenvalue weighted by Gasteiger charge is -2.16. The molecule has 0 fully saturated rings. The van der Waals surface area contributed by atoms with Crippen molar-refractivity contribution in [3.63, 3.8) is 0 Å². The number of aromatic nitrogens is 2. The monoisotopic (exact) mass is 1660 g/mol. The average molecular weight is 1660 g/mol. The van der Waals surface area contributed by atoms with Crippen LogP contribution in [0.15, 0.2) is 97.1 Å². The molecule has 0 unspecified atom stereocenters. The normalized spacial score (nSPS) is 12.0. The summed E-state index contributed by atoms with van der Waals surface area (Å²) in [5, 5.41) is -2.47. The number of fused-ring (bicyclic) bond motifs is 6. The molecule has 0 aliphatic carbocycles. The van der Waals surface area contributed by atoms with E-state index in [0.717, 1.165) is 57.7 Å². The highest BCUT2D eigenvalue weighted by molar-refractivity contribution is 6.13. The minimum Gasteiger partial charge on any atom is -0.309 e. The minimum absolute atomic E-state index is 0.314. The second kappa shape index (κ2) is 27.4. The Balaban J connectivity index is 0.972. The first-order valence-corrected chi connectivity index (χ1v) is 31.7. The van der Waals surface area contributed by atoms with Crippen LogP contribution in [0.3, 0.4) is 0 Å². The van der Waals surface area contributed by atoms with Crippen LogP contribution < -0.4 is 0 Å². The van der Waals surface area contributed by atoms with Crippen molar-refractivity contribution in [1.29, 1.82) is 0 Å². The third-order valence-corrected chi connectivity index (χ3v) is 19.2. The van der Waals surface area contributed by atoms with Gasteiger partial charge in [0.2, 0.25) is 17.5 Å². The molecule has 2 aromatic heterocycles. The van der Waals surface area contributed by atoms with Crippen LogP contribution in [-0.2, 0) is 0 Å². The molecular formula is C79H19F35N2. The van der Waals surface area contributed by atoms with Gasteiger partial charge >= 0.3 is 0 Å². The zero-order valence-corrected chi connectivity index (χ0v) is 55.4. The quantitative estimate of drug-likeness (QED) is 0.0734. The average Bonchev–Trinajstić information content (AvgIpc) is 1.51. The summed E-state index contributed by atoms with van der Waals surface area (Å²) >= 11 is 0. The summed E-state index contributed by atoms with van der Waals surface area (Å²) < 4.78 is 544. The molecule has 0 N–H and O–H groups in total. The van der Waals surface area contributed by atoms with Gasteiger partial charge in [-0.25, -0.2) is 154 Å². The van der Waals surface area contributed by atoms with E-state index in [1.165, 1.54) is 0 Å². The summed E-state index contributed by atoms with van der Waals surface area (Å²) in [5.41, 5.74) is -35.2. The maximum atomic E-state index is 16.6. The molecule has 0 aliphatic rings. The highest BCUT2D eigenvalue weighted by Crippen LogP contribution is 2.50. The summed E-state index contributed by atoms with van der Waals surface area (Å²) in [4.78, 5) is 0. The van der Waals surface area contributed by atoms with Crippen molar-refractivity contribution in [1.82, 2.24) is 9.13 Å². The topological polar surface area (TPSA) is 9.86 Å². The van der Waals surface area contributed by atoms with Gasteiger partial charge in [-0.15, -0.1) is 0 Å². The van der Waals surface area contributed by atoms with Gasteiger partial charge in [-0.3, -0.25) is 0 Å². The van der Waals surface area contributed by atoms with Crippen LogP contribution in [0.1, 0.15) is 5.56 Å². The molecule has 0 saturated heterocycles. The third kappa shape index (κ3) is 10.9. The second-order valence-electron chi connectivity index (χ2n) is 25.2. The summed E-state index contributed by atoms with van der Waals surface area (Å²) in [6.45, 7) is 0.428. The first-order valence-electron chi connectivity index (χ1n) is 31.7. The van der Waals surface area contributed by atoms with Crippen molar-refractivity contribution in [2.45, 2.75) is 6.92 Å². The zero-order chi connectivity index (χ0) is 84.3. The molecule has 0 radical (unpaired) electrons. The van der Waals surface area contributed by atoms with E-state index < -0.39 is 342 Å². The number of benzene rings is 13. The molecule has 2 nitrogen and oxygen atoms in total. The van der Waals surface area contributed by atoms with E-state index in [-0.39, 0.29) is 11.4 Å². The van der Waals surface area contributed by atoms with Crippen LogP contribution in [0, 0.1) is 211 Å². The Morgan fingerprint density at radius 2 is 0.310 bits per heavy atom. The van der Waals surface area contributed by atoms with Crippen LogP contribution in [0.5, 0.6) is 0 Å². The van der Waals surface area contributed by atoms with E-state index in [2.05, 4.69) is 0 Å². The van der Waals surface area contributed by atoms with Gasteiger partial charge in [-0.05, 0) is 95.9 Å². The predicted molar refractivity (Wildman–Crippen MR) is 342 cm³/mol. The van der Waals surface area contributed by atoms with Crippen molar-refractivity contribution in [2.75, 3.05) is 0 Å². The Labute approximate surface area is 618 Å². The van der Waals surface area contributed by atoms with Gasteiger partial charge in [-0.2, -0.15) is 0 Å². The molecule has 15 rings (SSSR count). The largest absolute Gasteiger partial charge is 0.309 e. The summed E-state index contributed by atoms with van der Waals surface area (Å²) in [5.74, 6) is -97.3. The van der Waals surface area contributed by atoms with E-state index in [4.69, 9.17) is 0 Å². The van der Waals surface area contributed by atoms with Crippen molar-refractivity contribution in [3.8, 4) is 100 Å². The molecule has 37 heteroatoms. The van der Waals surface area contributed by atoms with Crippen molar-refractivity contribution in [2.24, 2.45) is 0 Å². The number of hydrogen-bond acceptors (Lipinski definition) is 0. The standard InChI is InChI=1S/C79H19F35N2/c1-18-45(80)37(63(98)70(105)46(18)81)38-55(90)47(82)33(48(83)56(38)91)19-5-9-29-25(13-19)26-14-20(34-49(84)57(92)39(58(93)50(34)85)42-64(99)71(106)77(112)72(107)65(42)100)6-10-30(26)115(29)23-3-2-4-24(17-23)116-31-11-7-21(35-51(86)59(94)40(60(95)52(35)87)43-66(101)73(108)78(113)74(109)67(43)102)15-27(31)28-16-22(8-12-32(28)116)36-53(88)61(96)41(62(97)54(36)89)44-68(103)75(110)79(114)76(111)69(44)104/h2-17H,1H3. The van der Waals surface area contributed by atoms with Crippen molar-refractivity contribution in [3.05, 3.63) is 306 Å². The van der Waals surface area contributed by atoms with Gasteiger partial charge in [0.05, 0.1) is 88.8 Å². The van der Waals surface area contributed by atoms with Gasteiger partial charge in [0, 0.05) is 38.5 Å². The maximum Gasteiger partial charge on any atom is 0.200 e. The van der Waals surface area contributed by atoms with Crippen LogP contribution in [0.25, 0.3) is 144 Å². The Kier molecular flexibility index (Phi) is 18.5. The SMILES string of the molecule is Cc1c(F)c(F)c(F)c(-c2c(F)c(F)c(-c3ccc4c(c3)c3cc(-c5c(F)c(F)c(-c6c(F)c(F)c(F)c(F)c6F)c(F)c5F)ccc3n4-c3cccc(-n4c5ccc(-c6c(F)c(F)c(-c7c(F)c(F)c(F)c(F)c7F)c(F)c6F)cc5c5cc(-c6c(F)c(F)c(-c7c(F)c(F)c(F)c(F)c7F)c(F)c6F)ccc54)c3)c(F)c2F)c1F. The van der Waals surface area contributed by atoms with Gasteiger partial charge in [0.1, 0.15) is 5.82 Å². The Hall–Kier alpha value is -13.0. The van der Waals surface area contributed by atoms with Crippen LogP contribution >= 0.6 is 0 Å². The summed E-state index contributed by atoms with van der Waals surface area (Å²) in [6, 6.07) is 12.3. The third-order valence-electron chi connectivity index (χ3n) is 19.2. The fourth-order valence-electron chi connectivity index (χ4n) is 13.9.